The molecule has 0 saturated heterocycles. The maximum Gasteiger partial charge on any atom is 0.351 e. The maximum atomic E-state index is 12.8. The van der Waals surface area contributed by atoms with E-state index in [1.165, 1.54) is 4.90 Å². The van der Waals surface area contributed by atoms with E-state index in [-0.39, 0.29) is 12.5 Å². The Morgan fingerprint density at radius 1 is 0.862 bits per heavy atom. The first-order valence-electron chi connectivity index (χ1n) is 9.40. The van der Waals surface area contributed by atoms with Crippen molar-refractivity contribution in [3.8, 4) is 0 Å². The highest BCUT2D eigenvalue weighted by Crippen LogP contribution is 2.31. The van der Waals surface area contributed by atoms with E-state index >= 15 is 0 Å². The van der Waals surface area contributed by atoms with Gasteiger partial charge in [0.2, 0.25) is 0 Å². The van der Waals surface area contributed by atoms with Crippen molar-refractivity contribution in [2.24, 2.45) is 4.99 Å². The number of hydrogen-bond donors (Lipinski definition) is 0. The van der Waals surface area contributed by atoms with Crippen molar-refractivity contribution in [3.05, 3.63) is 95.6 Å². The Hall–Kier alpha value is -3.18. The van der Waals surface area contributed by atoms with Crippen molar-refractivity contribution in [1.29, 1.82) is 0 Å². The van der Waals surface area contributed by atoms with Crippen molar-refractivity contribution in [3.63, 3.8) is 0 Å². The molecule has 1 heterocycles. The van der Waals surface area contributed by atoms with Crippen LogP contribution in [0.5, 0.6) is 0 Å². The van der Waals surface area contributed by atoms with Gasteiger partial charge < -0.3 is 0 Å². The summed E-state index contributed by atoms with van der Waals surface area (Å²) in [5.74, 6) is -0.310. The second-order valence-electron chi connectivity index (χ2n) is 6.92. The molecule has 0 fully saturated rings. The van der Waals surface area contributed by atoms with Gasteiger partial charge in [0.15, 0.2) is 0 Å². The van der Waals surface area contributed by atoms with Gasteiger partial charge in [-0.2, -0.15) is 4.99 Å². The Kier molecular flexibility index (Phi) is 5.58. The SMILES string of the molecule is Cc1ccc(CN2C(=O)N=C(Cc3ccccc3Sc3ccccc3)C2=O)cc1. The first kappa shape index (κ1) is 19.2. The number of aryl methyl sites for hydroxylation is 1. The van der Waals surface area contributed by atoms with Crippen molar-refractivity contribution in [2.75, 3.05) is 0 Å². The summed E-state index contributed by atoms with van der Waals surface area (Å²) in [6.07, 6.45) is 0.338. The molecule has 5 heteroatoms. The van der Waals surface area contributed by atoms with E-state index in [0.29, 0.717) is 12.1 Å². The highest BCUT2D eigenvalue weighted by atomic mass is 32.2. The standard InChI is InChI=1S/C24H20N2O2S/c1-17-11-13-18(14-12-17)16-26-23(27)21(25-24(26)28)15-19-7-5-6-10-22(19)29-20-8-3-2-4-9-20/h2-14H,15-16H2,1H3. The summed E-state index contributed by atoms with van der Waals surface area (Å²) in [6.45, 7) is 2.24. The minimum Gasteiger partial charge on any atom is -0.267 e. The van der Waals surface area contributed by atoms with Gasteiger partial charge in [-0.05, 0) is 36.2 Å². The fraction of sp³-hybridized carbons (Fsp3) is 0.125. The number of nitrogens with zero attached hydrogens (tertiary/aromatic N) is 2. The molecular weight excluding hydrogens is 380 g/mol. The molecule has 1 aliphatic heterocycles. The second-order valence-corrected chi connectivity index (χ2v) is 8.03. The van der Waals surface area contributed by atoms with Crippen LogP contribution in [0, 0.1) is 6.92 Å². The van der Waals surface area contributed by atoms with Crippen molar-refractivity contribution in [1.82, 2.24) is 4.90 Å². The summed E-state index contributed by atoms with van der Waals surface area (Å²) in [5.41, 5.74) is 3.33. The fourth-order valence-electron chi connectivity index (χ4n) is 3.14. The van der Waals surface area contributed by atoms with Gasteiger partial charge in [-0.1, -0.05) is 78.0 Å². The molecule has 0 atom stereocenters. The third kappa shape index (κ3) is 4.46. The zero-order valence-corrected chi connectivity index (χ0v) is 16.9. The summed E-state index contributed by atoms with van der Waals surface area (Å²) in [4.78, 5) is 32.6. The van der Waals surface area contributed by atoms with Crippen LogP contribution in [-0.4, -0.2) is 22.5 Å². The number of carbonyl (C=O) groups excluding carboxylic acids is 2. The number of amides is 3. The van der Waals surface area contributed by atoms with E-state index in [1.807, 2.05) is 85.8 Å². The molecule has 144 valence electrons. The third-order valence-electron chi connectivity index (χ3n) is 4.72. The highest BCUT2D eigenvalue weighted by Gasteiger charge is 2.33. The lowest BCUT2D eigenvalue weighted by Crippen LogP contribution is -2.32. The quantitative estimate of drug-likeness (QED) is 0.565. The number of rotatable bonds is 6. The largest absolute Gasteiger partial charge is 0.351 e. The average molecular weight is 401 g/mol. The Labute approximate surface area is 174 Å². The van der Waals surface area contributed by atoms with Crippen LogP contribution in [0.15, 0.2) is 93.6 Å². The Bertz CT molecular complexity index is 1080. The summed E-state index contributed by atoms with van der Waals surface area (Å²) >= 11 is 1.64. The van der Waals surface area contributed by atoms with Gasteiger partial charge in [0.1, 0.15) is 5.71 Å². The molecule has 3 amide bonds. The van der Waals surface area contributed by atoms with Crippen LogP contribution in [-0.2, 0) is 17.8 Å². The molecule has 0 N–H and O–H groups in total. The second kappa shape index (κ2) is 8.45. The lowest BCUT2D eigenvalue weighted by molar-refractivity contribution is -0.121. The van der Waals surface area contributed by atoms with Gasteiger partial charge in [-0.25, -0.2) is 4.79 Å². The third-order valence-corrected chi connectivity index (χ3v) is 5.84. The summed E-state index contributed by atoms with van der Waals surface area (Å²) < 4.78 is 0. The predicted octanol–water partition coefficient (Wildman–Crippen LogP) is 5.29. The highest BCUT2D eigenvalue weighted by molar-refractivity contribution is 7.99. The lowest BCUT2D eigenvalue weighted by Gasteiger charge is -2.14. The average Bonchev–Trinajstić information content (AvgIpc) is 2.99. The van der Waals surface area contributed by atoms with Crippen LogP contribution < -0.4 is 0 Å². The first-order valence-corrected chi connectivity index (χ1v) is 10.2. The lowest BCUT2D eigenvalue weighted by atomic mass is 10.1. The minimum atomic E-state index is -0.487. The minimum absolute atomic E-state index is 0.241. The molecule has 3 aromatic carbocycles. The predicted molar refractivity (Wildman–Crippen MR) is 115 cm³/mol. The van der Waals surface area contributed by atoms with Gasteiger partial charge in [0, 0.05) is 16.2 Å². The van der Waals surface area contributed by atoms with Crippen molar-refractivity contribution < 1.29 is 9.59 Å². The van der Waals surface area contributed by atoms with Crippen LogP contribution in [0.4, 0.5) is 4.79 Å². The molecule has 4 rings (SSSR count). The van der Waals surface area contributed by atoms with E-state index in [9.17, 15) is 9.59 Å². The summed E-state index contributed by atoms with van der Waals surface area (Å²) in [7, 11) is 0. The Morgan fingerprint density at radius 3 is 2.31 bits per heavy atom. The van der Waals surface area contributed by atoms with Gasteiger partial charge in [-0.3, -0.25) is 9.69 Å². The number of benzene rings is 3. The number of carbonyl (C=O) groups is 2. The molecule has 29 heavy (non-hydrogen) atoms. The van der Waals surface area contributed by atoms with E-state index in [2.05, 4.69) is 4.99 Å². The van der Waals surface area contributed by atoms with Crippen LogP contribution >= 0.6 is 11.8 Å². The van der Waals surface area contributed by atoms with Crippen LogP contribution in [0.2, 0.25) is 0 Å². The molecule has 0 bridgehead atoms. The zero-order chi connectivity index (χ0) is 20.2. The first-order chi connectivity index (χ1) is 14.1. The molecule has 3 aromatic rings. The normalized spacial score (nSPS) is 13.7. The van der Waals surface area contributed by atoms with E-state index in [0.717, 1.165) is 26.5 Å². The maximum absolute atomic E-state index is 12.8. The molecule has 0 radical (unpaired) electrons. The number of urea groups is 1. The van der Waals surface area contributed by atoms with Crippen LogP contribution in [0.25, 0.3) is 0 Å². The fourth-order valence-corrected chi connectivity index (χ4v) is 4.11. The summed E-state index contributed by atoms with van der Waals surface area (Å²) in [6, 6.07) is 25.3. The Morgan fingerprint density at radius 2 is 1.55 bits per heavy atom. The molecule has 0 saturated carbocycles. The van der Waals surface area contributed by atoms with Gasteiger partial charge in [0.05, 0.1) is 6.54 Å². The van der Waals surface area contributed by atoms with Gasteiger partial charge in [0.25, 0.3) is 5.91 Å². The van der Waals surface area contributed by atoms with Gasteiger partial charge >= 0.3 is 6.03 Å². The zero-order valence-electron chi connectivity index (χ0n) is 16.0. The molecular formula is C24H20N2O2S. The molecule has 0 aromatic heterocycles. The van der Waals surface area contributed by atoms with Crippen molar-refractivity contribution >= 4 is 29.4 Å². The molecule has 0 aliphatic carbocycles. The van der Waals surface area contributed by atoms with Crippen molar-refractivity contribution in [2.45, 2.75) is 29.7 Å². The van der Waals surface area contributed by atoms with Gasteiger partial charge in [-0.15, -0.1) is 0 Å². The smallest absolute Gasteiger partial charge is 0.267 e. The molecule has 4 nitrogen and oxygen atoms in total. The topological polar surface area (TPSA) is 49.7 Å². The molecule has 0 spiro atoms. The Balaban J connectivity index is 1.50. The number of imide groups is 1. The monoisotopic (exact) mass is 400 g/mol. The summed E-state index contributed by atoms with van der Waals surface area (Å²) in [5, 5.41) is 0. The van der Waals surface area contributed by atoms with E-state index in [4.69, 9.17) is 0 Å². The van der Waals surface area contributed by atoms with E-state index < -0.39 is 6.03 Å². The van der Waals surface area contributed by atoms with Crippen LogP contribution in [0.1, 0.15) is 16.7 Å². The molecule has 0 unspecified atom stereocenters. The van der Waals surface area contributed by atoms with Crippen LogP contribution in [0.3, 0.4) is 0 Å². The number of aliphatic imine (C=N–C) groups is 1. The van der Waals surface area contributed by atoms with E-state index in [1.54, 1.807) is 11.8 Å². The number of hydrogen-bond acceptors (Lipinski definition) is 3. The molecule has 1 aliphatic rings.